The van der Waals surface area contributed by atoms with Gasteiger partial charge in [-0.1, -0.05) is 6.92 Å². The molecule has 1 aliphatic heterocycles. The minimum Gasteiger partial charge on any atom is -0.388 e. The van der Waals surface area contributed by atoms with E-state index >= 15 is 0 Å². The molecule has 4 nitrogen and oxygen atoms in total. The Morgan fingerprint density at radius 1 is 1.47 bits per heavy atom. The van der Waals surface area contributed by atoms with Crippen molar-refractivity contribution in [1.29, 1.82) is 0 Å². The lowest BCUT2D eigenvalue weighted by atomic mass is 10.1. The normalized spacial score (nSPS) is 22.9. The molecular weight excluding hydrogens is 240 g/mol. The molecule has 4 heteroatoms. The lowest BCUT2D eigenvalue weighted by Gasteiger charge is -2.35. The average molecular weight is 266 g/mol. The number of morpholine rings is 1. The summed E-state index contributed by atoms with van der Waals surface area (Å²) in [7, 11) is 0. The van der Waals surface area contributed by atoms with E-state index < -0.39 is 0 Å². The van der Waals surface area contributed by atoms with Crippen LogP contribution in [0.5, 0.6) is 0 Å². The van der Waals surface area contributed by atoms with Crippen LogP contribution in [0.15, 0.2) is 18.5 Å². The van der Waals surface area contributed by atoms with E-state index in [4.69, 9.17) is 4.74 Å². The van der Waals surface area contributed by atoms with Crippen molar-refractivity contribution >= 4 is 0 Å². The van der Waals surface area contributed by atoms with E-state index in [0.717, 1.165) is 38.2 Å². The molecule has 2 unspecified atom stereocenters. The maximum atomic E-state index is 9.81. The third kappa shape index (κ3) is 3.81. The topological polar surface area (TPSA) is 37.6 Å². The second-order valence-electron chi connectivity index (χ2n) is 5.65. The number of aromatic nitrogens is 1. The van der Waals surface area contributed by atoms with Crippen molar-refractivity contribution in [1.82, 2.24) is 9.47 Å². The number of nitrogens with zero attached hydrogens (tertiary/aromatic N) is 2. The van der Waals surface area contributed by atoms with Crippen LogP contribution in [-0.4, -0.2) is 46.4 Å². The fourth-order valence-corrected chi connectivity index (χ4v) is 2.56. The largest absolute Gasteiger partial charge is 0.388 e. The number of hydrogen-bond donors (Lipinski definition) is 1. The van der Waals surface area contributed by atoms with E-state index in [1.807, 2.05) is 25.4 Å². The van der Waals surface area contributed by atoms with Crippen LogP contribution in [0, 0.1) is 0 Å². The Bertz CT molecular complexity index is 389. The summed E-state index contributed by atoms with van der Waals surface area (Å²) >= 11 is 0. The van der Waals surface area contributed by atoms with E-state index in [0.29, 0.717) is 6.04 Å². The molecule has 1 aliphatic rings. The molecule has 2 heterocycles. The Hall–Kier alpha value is -0.840. The van der Waals surface area contributed by atoms with Gasteiger partial charge >= 0.3 is 0 Å². The van der Waals surface area contributed by atoms with Gasteiger partial charge in [-0.05, 0) is 31.9 Å². The number of hydrogen-bond acceptors (Lipinski definition) is 3. The van der Waals surface area contributed by atoms with Gasteiger partial charge in [0.2, 0.25) is 0 Å². The number of ether oxygens (including phenoxy) is 1. The van der Waals surface area contributed by atoms with Crippen LogP contribution in [0.1, 0.15) is 38.9 Å². The van der Waals surface area contributed by atoms with Crippen LogP contribution in [-0.2, 0) is 11.3 Å². The fourth-order valence-electron chi connectivity index (χ4n) is 2.56. The quantitative estimate of drug-likeness (QED) is 0.886. The van der Waals surface area contributed by atoms with E-state index in [9.17, 15) is 5.11 Å². The Morgan fingerprint density at radius 3 is 2.95 bits per heavy atom. The summed E-state index contributed by atoms with van der Waals surface area (Å²) in [6.45, 7) is 10.1. The van der Waals surface area contributed by atoms with Crippen molar-refractivity contribution in [2.75, 3.05) is 19.7 Å². The van der Waals surface area contributed by atoms with Crippen molar-refractivity contribution in [3.63, 3.8) is 0 Å². The molecular formula is C15H26N2O2. The van der Waals surface area contributed by atoms with Gasteiger partial charge in [0, 0.05) is 38.1 Å². The summed E-state index contributed by atoms with van der Waals surface area (Å²) in [5.41, 5.74) is 0.999. The maximum absolute atomic E-state index is 9.81. The maximum Gasteiger partial charge on any atom is 0.0881 e. The summed E-state index contributed by atoms with van der Waals surface area (Å²) in [6, 6.07) is 2.57. The Labute approximate surface area is 116 Å². The predicted octanol–water partition coefficient (Wildman–Crippen LogP) is 2.04. The van der Waals surface area contributed by atoms with Crippen LogP contribution < -0.4 is 0 Å². The first-order valence-electron chi connectivity index (χ1n) is 7.29. The second-order valence-corrected chi connectivity index (χ2v) is 5.65. The SMILES string of the molecule is CCC(O)c1ccn(CC2CN(C(C)C)CCO2)c1. The molecule has 1 N–H and O–H groups in total. The van der Waals surface area contributed by atoms with Crippen LogP contribution in [0.3, 0.4) is 0 Å². The highest BCUT2D eigenvalue weighted by molar-refractivity contribution is 5.13. The Balaban J connectivity index is 1.91. The molecule has 1 saturated heterocycles. The molecule has 0 amide bonds. The lowest BCUT2D eigenvalue weighted by molar-refractivity contribution is -0.0455. The molecule has 0 spiro atoms. The van der Waals surface area contributed by atoms with Gasteiger partial charge in [0.1, 0.15) is 0 Å². The van der Waals surface area contributed by atoms with Crippen molar-refractivity contribution in [3.05, 3.63) is 24.0 Å². The standard InChI is InChI=1S/C15H26N2O2/c1-4-15(18)13-5-6-16(9-13)10-14-11-17(12(2)3)7-8-19-14/h5-6,9,12,14-15,18H,4,7-8,10-11H2,1-3H3. The number of aliphatic hydroxyl groups is 1. The zero-order chi connectivity index (χ0) is 13.8. The highest BCUT2D eigenvalue weighted by atomic mass is 16.5. The third-order valence-electron chi connectivity index (χ3n) is 3.86. The van der Waals surface area contributed by atoms with E-state index in [-0.39, 0.29) is 12.2 Å². The molecule has 1 aromatic heterocycles. The highest BCUT2D eigenvalue weighted by Gasteiger charge is 2.22. The van der Waals surface area contributed by atoms with E-state index in [1.54, 1.807) is 0 Å². The third-order valence-corrected chi connectivity index (χ3v) is 3.86. The van der Waals surface area contributed by atoms with E-state index in [1.165, 1.54) is 0 Å². The molecule has 0 radical (unpaired) electrons. The van der Waals surface area contributed by atoms with Gasteiger partial charge < -0.3 is 14.4 Å². The smallest absolute Gasteiger partial charge is 0.0881 e. The molecule has 2 atom stereocenters. The van der Waals surface area contributed by atoms with Gasteiger partial charge in [-0.15, -0.1) is 0 Å². The van der Waals surface area contributed by atoms with Crippen molar-refractivity contribution < 1.29 is 9.84 Å². The second kappa shape index (κ2) is 6.55. The van der Waals surface area contributed by atoms with E-state index in [2.05, 4.69) is 23.3 Å². The zero-order valence-electron chi connectivity index (χ0n) is 12.2. The molecule has 1 aromatic rings. The molecule has 19 heavy (non-hydrogen) atoms. The summed E-state index contributed by atoms with van der Waals surface area (Å²) in [6.07, 6.45) is 4.72. The minimum absolute atomic E-state index is 0.246. The van der Waals surface area contributed by atoms with Crippen LogP contribution in [0.2, 0.25) is 0 Å². The first-order chi connectivity index (χ1) is 9.10. The summed E-state index contributed by atoms with van der Waals surface area (Å²) in [4.78, 5) is 2.46. The highest BCUT2D eigenvalue weighted by Crippen LogP contribution is 2.17. The van der Waals surface area contributed by atoms with Gasteiger partial charge in [0.15, 0.2) is 0 Å². The van der Waals surface area contributed by atoms with Gasteiger partial charge in [-0.2, -0.15) is 0 Å². The molecule has 0 bridgehead atoms. The Kier molecular flexibility index (Phi) is 5.02. The summed E-state index contributed by atoms with van der Waals surface area (Å²) < 4.78 is 7.96. The molecule has 108 valence electrons. The van der Waals surface area contributed by atoms with Gasteiger partial charge in [-0.25, -0.2) is 0 Å². The first kappa shape index (κ1) is 14.6. The monoisotopic (exact) mass is 266 g/mol. The van der Waals surface area contributed by atoms with Crippen LogP contribution in [0.4, 0.5) is 0 Å². The fraction of sp³-hybridized carbons (Fsp3) is 0.733. The van der Waals surface area contributed by atoms with Gasteiger partial charge in [-0.3, -0.25) is 4.90 Å². The molecule has 1 fully saturated rings. The zero-order valence-corrected chi connectivity index (χ0v) is 12.2. The summed E-state index contributed by atoms with van der Waals surface area (Å²) in [5, 5.41) is 9.81. The number of rotatable bonds is 5. The molecule has 0 aliphatic carbocycles. The van der Waals surface area contributed by atoms with Crippen LogP contribution in [0.25, 0.3) is 0 Å². The average Bonchev–Trinajstić information content (AvgIpc) is 2.86. The van der Waals surface area contributed by atoms with Gasteiger partial charge in [0.25, 0.3) is 0 Å². The van der Waals surface area contributed by atoms with Crippen molar-refractivity contribution in [2.24, 2.45) is 0 Å². The molecule has 0 aromatic carbocycles. The number of aliphatic hydroxyl groups excluding tert-OH is 1. The predicted molar refractivity (Wildman–Crippen MR) is 76.1 cm³/mol. The molecule has 0 saturated carbocycles. The van der Waals surface area contributed by atoms with Gasteiger partial charge in [0.05, 0.1) is 18.8 Å². The van der Waals surface area contributed by atoms with Crippen molar-refractivity contribution in [3.8, 4) is 0 Å². The minimum atomic E-state index is -0.347. The first-order valence-corrected chi connectivity index (χ1v) is 7.29. The van der Waals surface area contributed by atoms with Crippen LogP contribution >= 0.6 is 0 Å². The summed E-state index contributed by atoms with van der Waals surface area (Å²) in [5.74, 6) is 0. The Morgan fingerprint density at radius 2 is 2.26 bits per heavy atom. The van der Waals surface area contributed by atoms with Crippen molar-refractivity contribution in [2.45, 2.75) is 52.0 Å². The molecule has 2 rings (SSSR count). The lowest BCUT2D eigenvalue weighted by Crippen LogP contribution is -2.47.